The predicted molar refractivity (Wildman–Crippen MR) is 68.8 cm³/mol. The normalized spacial score (nSPS) is 11.9. The van der Waals surface area contributed by atoms with E-state index >= 15 is 0 Å². The third kappa shape index (κ3) is 3.75. The summed E-state index contributed by atoms with van der Waals surface area (Å²) in [5.41, 5.74) is 0.439. The van der Waals surface area contributed by atoms with Gasteiger partial charge in [0.1, 0.15) is 6.04 Å². The molecule has 1 aromatic carbocycles. The van der Waals surface area contributed by atoms with Gasteiger partial charge in [0, 0.05) is 17.9 Å². The van der Waals surface area contributed by atoms with Crippen molar-refractivity contribution in [3.8, 4) is 0 Å². The van der Waals surface area contributed by atoms with Crippen molar-refractivity contribution in [3.05, 3.63) is 29.8 Å². The van der Waals surface area contributed by atoms with Gasteiger partial charge in [-0.2, -0.15) is 0 Å². The van der Waals surface area contributed by atoms with Crippen LogP contribution in [-0.4, -0.2) is 41.0 Å². The number of hydrogen-bond acceptors (Lipinski definition) is 4. The highest BCUT2D eigenvalue weighted by Gasteiger charge is 2.21. The van der Waals surface area contributed by atoms with Crippen LogP contribution in [0.1, 0.15) is 16.8 Å². The summed E-state index contributed by atoms with van der Waals surface area (Å²) in [4.78, 5) is 23.6. The summed E-state index contributed by atoms with van der Waals surface area (Å²) in [5.74, 6) is -1.60. The van der Waals surface area contributed by atoms with Crippen molar-refractivity contribution >= 4 is 23.6 Å². The predicted octanol–water partition coefficient (Wildman–Crippen LogP) is 0.974. The van der Waals surface area contributed by atoms with Gasteiger partial charge in [-0.1, -0.05) is 12.1 Å². The SMILES string of the molecule is CSc1ccccc1C(=O)N[C@H](CCO)C(=O)O. The lowest BCUT2D eigenvalue weighted by Gasteiger charge is -2.14. The molecule has 5 nitrogen and oxygen atoms in total. The molecule has 1 aromatic rings. The van der Waals surface area contributed by atoms with Crippen molar-refractivity contribution < 1.29 is 19.8 Å². The van der Waals surface area contributed by atoms with Crippen LogP contribution in [-0.2, 0) is 4.79 Å². The first-order valence-corrected chi connectivity index (χ1v) is 6.60. The van der Waals surface area contributed by atoms with E-state index in [4.69, 9.17) is 10.2 Å². The molecule has 0 aliphatic heterocycles. The van der Waals surface area contributed by atoms with Crippen LogP contribution in [0, 0.1) is 0 Å². The monoisotopic (exact) mass is 269 g/mol. The van der Waals surface area contributed by atoms with Crippen molar-refractivity contribution in [3.63, 3.8) is 0 Å². The van der Waals surface area contributed by atoms with Gasteiger partial charge in [0.05, 0.1) is 5.56 Å². The number of aliphatic carboxylic acids is 1. The number of carboxylic acid groups (broad SMARTS) is 1. The largest absolute Gasteiger partial charge is 0.480 e. The molecule has 98 valence electrons. The number of amides is 1. The fourth-order valence-corrected chi connectivity index (χ4v) is 2.05. The molecule has 6 heteroatoms. The molecular weight excluding hydrogens is 254 g/mol. The summed E-state index contributed by atoms with van der Waals surface area (Å²) in [6.45, 7) is -0.290. The highest BCUT2D eigenvalue weighted by Crippen LogP contribution is 2.19. The number of carbonyl (C=O) groups is 2. The fourth-order valence-electron chi connectivity index (χ4n) is 1.45. The van der Waals surface area contributed by atoms with Crippen LogP contribution in [0.25, 0.3) is 0 Å². The molecule has 0 fully saturated rings. The Labute approximate surface area is 109 Å². The second-order valence-corrected chi connectivity index (χ2v) is 4.42. The molecule has 1 atom stereocenters. The maximum atomic E-state index is 11.9. The Morgan fingerprint density at radius 2 is 2.06 bits per heavy atom. The standard InChI is InChI=1S/C12H15NO4S/c1-18-10-5-3-2-4-8(10)11(15)13-9(6-7-14)12(16)17/h2-5,9,14H,6-7H2,1H3,(H,13,15)(H,16,17)/t9-/m1/s1. The topological polar surface area (TPSA) is 86.6 Å². The highest BCUT2D eigenvalue weighted by atomic mass is 32.2. The zero-order valence-electron chi connectivity index (χ0n) is 9.92. The number of carbonyl (C=O) groups excluding carboxylic acids is 1. The number of carboxylic acids is 1. The number of aliphatic hydroxyl groups is 1. The van der Waals surface area contributed by atoms with Gasteiger partial charge in [-0.05, 0) is 18.4 Å². The number of rotatable bonds is 6. The maximum absolute atomic E-state index is 11.9. The van der Waals surface area contributed by atoms with Crippen LogP contribution in [0.15, 0.2) is 29.2 Å². The molecule has 0 spiro atoms. The summed E-state index contributed by atoms with van der Waals surface area (Å²) in [6.07, 6.45) is 1.83. The first-order valence-electron chi connectivity index (χ1n) is 5.37. The van der Waals surface area contributed by atoms with E-state index in [1.807, 2.05) is 12.3 Å². The van der Waals surface area contributed by atoms with Crippen molar-refractivity contribution in [2.45, 2.75) is 17.4 Å². The summed E-state index contributed by atoms with van der Waals surface area (Å²) >= 11 is 1.41. The highest BCUT2D eigenvalue weighted by molar-refractivity contribution is 7.98. The first-order chi connectivity index (χ1) is 8.60. The lowest BCUT2D eigenvalue weighted by Crippen LogP contribution is -2.41. The van der Waals surface area contributed by atoms with Crippen LogP contribution in [0.5, 0.6) is 0 Å². The Hall–Kier alpha value is -1.53. The van der Waals surface area contributed by atoms with E-state index in [-0.39, 0.29) is 13.0 Å². The molecule has 0 heterocycles. The molecule has 0 saturated heterocycles. The zero-order valence-corrected chi connectivity index (χ0v) is 10.7. The van der Waals surface area contributed by atoms with Crippen molar-refractivity contribution in [2.24, 2.45) is 0 Å². The van der Waals surface area contributed by atoms with Gasteiger partial charge in [-0.15, -0.1) is 11.8 Å². The lowest BCUT2D eigenvalue weighted by molar-refractivity contribution is -0.139. The molecule has 3 N–H and O–H groups in total. The molecular formula is C12H15NO4S. The number of hydrogen-bond donors (Lipinski definition) is 3. The molecule has 1 amide bonds. The van der Waals surface area contributed by atoms with E-state index in [9.17, 15) is 9.59 Å². The number of nitrogens with one attached hydrogen (secondary N) is 1. The number of benzene rings is 1. The maximum Gasteiger partial charge on any atom is 0.326 e. The van der Waals surface area contributed by atoms with E-state index in [1.165, 1.54) is 11.8 Å². The van der Waals surface area contributed by atoms with Crippen LogP contribution in [0.3, 0.4) is 0 Å². The van der Waals surface area contributed by atoms with E-state index in [0.29, 0.717) is 5.56 Å². The Morgan fingerprint density at radius 3 is 2.61 bits per heavy atom. The van der Waals surface area contributed by atoms with E-state index < -0.39 is 17.9 Å². The van der Waals surface area contributed by atoms with E-state index in [1.54, 1.807) is 18.2 Å². The van der Waals surface area contributed by atoms with Crippen molar-refractivity contribution in [1.29, 1.82) is 0 Å². The molecule has 18 heavy (non-hydrogen) atoms. The van der Waals surface area contributed by atoms with Crippen molar-refractivity contribution in [2.75, 3.05) is 12.9 Å². The second-order valence-electron chi connectivity index (χ2n) is 3.58. The van der Waals surface area contributed by atoms with E-state index in [0.717, 1.165) is 4.90 Å². The molecule has 0 aliphatic rings. The molecule has 0 saturated carbocycles. The minimum Gasteiger partial charge on any atom is -0.480 e. The minimum absolute atomic E-state index is 0.0114. The molecule has 0 bridgehead atoms. The van der Waals surface area contributed by atoms with Gasteiger partial charge in [-0.25, -0.2) is 4.79 Å². The van der Waals surface area contributed by atoms with Crippen LogP contribution >= 0.6 is 11.8 Å². The molecule has 0 aromatic heterocycles. The van der Waals surface area contributed by atoms with Gasteiger partial charge in [0.25, 0.3) is 5.91 Å². The Kier molecular flexibility index (Phi) is 5.67. The van der Waals surface area contributed by atoms with Crippen molar-refractivity contribution in [1.82, 2.24) is 5.32 Å². The van der Waals surface area contributed by atoms with Gasteiger partial charge in [-0.3, -0.25) is 4.79 Å². The smallest absolute Gasteiger partial charge is 0.326 e. The van der Waals surface area contributed by atoms with Crippen LogP contribution < -0.4 is 5.32 Å². The fraction of sp³-hybridized carbons (Fsp3) is 0.333. The molecule has 0 unspecified atom stereocenters. The quantitative estimate of drug-likeness (QED) is 0.670. The summed E-state index contributed by atoms with van der Waals surface area (Å²) in [5, 5.41) is 20.0. The second kappa shape index (κ2) is 7.03. The Bertz CT molecular complexity index is 436. The number of aliphatic hydroxyl groups excluding tert-OH is 1. The third-order valence-corrected chi connectivity index (χ3v) is 3.17. The van der Waals surface area contributed by atoms with E-state index in [2.05, 4.69) is 5.32 Å². The minimum atomic E-state index is -1.15. The average molecular weight is 269 g/mol. The molecule has 1 rings (SSSR count). The summed E-state index contributed by atoms with van der Waals surface area (Å²) in [6, 6.07) is 5.89. The lowest BCUT2D eigenvalue weighted by atomic mass is 10.1. The Balaban J connectivity index is 2.83. The Morgan fingerprint density at radius 1 is 1.39 bits per heavy atom. The van der Waals surface area contributed by atoms with Gasteiger partial charge < -0.3 is 15.5 Å². The van der Waals surface area contributed by atoms with Crippen LogP contribution in [0.2, 0.25) is 0 Å². The number of thioether (sulfide) groups is 1. The summed E-state index contributed by atoms with van der Waals surface area (Å²) in [7, 11) is 0. The molecule has 0 radical (unpaired) electrons. The van der Waals surface area contributed by atoms with Gasteiger partial charge >= 0.3 is 5.97 Å². The third-order valence-electron chi connectivity index (χ3n) is 2.37. The van der Waals surface area contributed by atoms with Gasteiger partial charge in [0.15, 0.2) is 0 Å². The zero-order chi connectivity index (χ0) is 13.5. The summed E-state index contributed by atoms with van der Waals surface area (Å²) < 4.78 is 0. The first kappa shape index (κ1) is 14.5. The van der Waals surface area contributed by atoms with Crippen LogP contribution in [0.4, 0.5) is 0 Å². The molecule has 0 aliphatic carbocycles. The average Bonchev–Trinajstić information content (AvgIpc) is 2.37. The van der Waals surface area contributed by atoms with Gasteiger partial charge in [0.2, 0.25) is 0 Å².